The molecule has 0 aliphatic carbocycles. The van der Waals surface area contributed by atoms with Crippen molar-refractivity contribution in [2.75, 3.05) is 11.4 Å². The number of hydrogen-bond donors (Lipinski definition) is 1. The number of hydrogen-bond acceptors (Lipinski definition) is 2. The number of benzene rings is 1. The fourth-order valence-electron chi connectivity index (χ4n) is 2.24. The summed E-state index contributed by atoms with van der Waals surface area (Å²) in [6.45, 7) is 6.39. The van der Waals surface area contributed by atoms with Crippen molar-refractivity contribution in [3.8, 4) is 0 Å². The van der Waals surface area contributed by atoms with E-state index >= 15 is 0 Å². The van der Waals surface area contributed by atoms with Gasteiger partial charge in [-0.3, -0.25) is 4.79 Å². The maximum atomic E-state index is 13.5. The first kappa shape index (κ1) is 13.0. The number of nitrogens with one attached hydrogen (secondary N) is 1. The van der Waals surface area contributed by atoms with Crippen LogP contribution in [0.1, 0.15) is 25.8 Å². The van der Waals surface area contributed by atoms with Crippen LogP contribution in [-0.4, -0.2) is 24.5 Å². The molecule has 0 aromatic heterocycles. The Kier molecular flexibility index (Phi) is 3.66. The van der Waals surface area contributed by atoms with E-state index in [0.717, 1.165) is 6.42 Å². The van der Waals surface area contributed by atoms with Gasteiger partial charge in [-0.2, -0.15) is 0 Å². The fourth-order valence-corrected chi connectivity index (χ4v) is 2.24. The molecule has 0 saturated carbocycles. The predicted octanol–water partition coefficient (Wildman–Crippen LogP) is 2.24. The first-order valence-corrected chi connectivity index (χ1v) is 6.32. The molecule has 2 rings (SSSR count). The largest absolute Gasteiger partial charge is 0.311 e. The molecular weight excluding hydrogens is 231 g/mol. The molecule has 0 bridgehead atoms. The van der Waals surface area contributed by atoms with E-state index in [1.54, 1.807) is 24.0 Å². The summed E-state index contributed by atoms with van der Waals surface area (Å²) in [5.74, 6) is -0.229. The lowest BCUT2D eigenvalue weighted by atomic mass is 10.2. The van der Waals surface area contributed by atoms with Gasteiger partial charge in [-0.15, -0.1) is 0 Å². The summed E-state index contributed by atoms with van der Waals surface area (Å²) in [7, 11) is 0. The highest BCUT2D eigenvalue weighted by atomic mass is 19.1. The molecule has 1 saturated heterocycles. The van der Waals surface area contributed by atoms with Crippen LogP contribution in [0.3, 0.4) is 0 Å². The van der Waals surface area contributed by atoms with Gasteiger partial charge in [0.05, 0.1) is 6.04 Å². The van der Waals surface area contributed by atoms with Gasteiger partial charge in [0.2, 0.25) is 5.91 Å². The van der Waals surface area contributed by atoms with Crippen molar-refractivity contribution in [1.82, 2.24) is 5.32 Å². The molecule has 1 aliphatic rings. The summed E-state index contributed by atoms with van der Waals surface area (Å²) in [5.41, 5.74) is 1.25. The Hall–Kier alpha value is -1.42. The van der Waals surface area contributed by atoms with E-state index in [1.807, 2.05) is 13.8 Å². The molecule has 1 atom stereocenters. The van der Waals surface area contributed by atoms with Gasteiger partial charge in [0.25, 0.3) is 0 Å². The highest BCUT2D eigenvalue weighted by Gasteiger charge is 2.32. The molecule has 1 N–H and O–H groups in total. The van der Waals surface area contributed by atoms with Crippen molar-refractivity contribution >= 4 is 11.6 Å². The molecule has 18 heavy (non-hydrogen) atoms. The summed E-state index contributed by atoms with van der Waals surface area (Å²) < 4.78 is 13.5. The number of carbonyl (C=O) groups is 1. The Bertz CT molecular complexity index is 459. The second kappa shape index (κ2) is 5.06. The van der Waals surface area contributed by atoms with E-state index in [4.69, 9.17) is 0 Å². The number of nitrogens with zero attached hydrogens (tertiary/aromatic N) is 1. The molecule has 0 radical (unpaired) electrons. The lowest BCUT2D eigenvalue weighted by Crippen LogP contribution is -2.41. The van der Waals surface area contributed by atoms with Crippen molar-refractivity contribution < 1.29 is 9.18 Å². The number of carbonyl (C=O) groups excluding carboxylic acids is 1. The highest BCUT2D eigenvalue weighted by Crippen LogP contribution is 2.23. The molecule has 1 fully saturated rings. The minimum Gasteiger partial charge on any atom is -0.311 e. The Labute approximate surface area is 107 Å². The molecule has 1 aromatic carbocycles. The van der Waals surface area contributed by atoms with Gasteiger partial charge in [-0.25, -0.2) is 4.39 Å². The third-order valence-electron chi connectivity index (χ3n) is 3.21. The Morgan fingerprint density at radius 3 is 2.78 bits per heavy atom. The summed E-state index contributed by atoms with van der Waals surface area (Å²) in [6, 6.07) is 5.07. The van der Waals surface area contributed by atoms with E-state index in [0.29, 0.717) is 17.8 Å². The number of rotatable bonds is 3. The van der Waals surface area contributed by atoms with Crippen LogP contribution in [0.25, 0.3) is 0 Å². The highest BCUT2D eigenvalue weighted by molar-refractivity contribution is 5.99. The number of amides is 1. The van der Waals surface area contributed by atoms with E-state index in [9.17, 15) is 9.18 Å². The summed E-state index contributed by atoms with van der Waals surface area (Å²) in [4.78, 5) is 13.8. The molecule has 1 aliphatic heterocycles. The van der Waals surface area contributed by atoms with Crippen molar-refractivity contribution in [2.45, 2.75) is 39.3 Å². The maximum absolute atomic E-state index is 13.5. The molecular formula is C14H19FN2O. The molecule has 1 heterocycles. The van der Waals surface area contributed by atoms with Crippen LogP contribution in [0.5, 0.6) is 0 Å². The van der Waals surface area contributed by atoms with Gasteiger partial charge in [0.1, 0.15) is 5.82 Å². The normalized spacial score (nSPS) is 19.9. The van der Waals surface area contributed by atoms with E-state index in [2.05, 4.69) is 5.32 Å². The lowest BCUT2D eigenvalue weighted by Gasteiger charge is -2.18. The summed E-state index contributed by atoms with van der Waals surface area (Å²) >= 11 is 0. The van der Waals surface area contributed by atoms with Crippen LogP contribution in [0, 0.1) is 12.7 Å². The minimum atomic E-state index is -0.263. The zero-order valence-corrected chi connectivity index (χ0v) is 11.0. The first-order valence-electron chi connectivity index (χ1n) is 6.32. The molecule has 3 nitrogen and oxygen atoms in total. The van der Waals surface area contributed by atoms with Crippen molar-refractivity contribution in [2.24, 2.45) is 0 Å². The zero-order valence-electron chi connectivity index (χ0n) is 11.0. The first-order chi connectivity index (χ1) is 8.49. The third-order valence-corrected chi connectivity index (χ3v) is 3.21. The number of aryl methyl sites for hydroxylation is 1. The van der Waals surface area contributed by atoms with Gasteiger partial charge in [-0.1, -0.05) is 19.9 Å². The minimum absolute atomic E-state index is 0.0342. The molecule has 0 spiro atoms. The van der Waals surface area contributed by atoms with Gasteiger partial charge in [0.15, 0.2) is 0 Å². The predicted molar refractivity (Wildman–Crippen MR) is 70.2 cm³/mol. The van der Waals surface area contributed by atoms with Gasteiger partial charge < -0.3 is 10.2 Å². The number of halogens is 1. The van der Waals surface area contributed by atoms with Crippen LogP contribution in [0.2, 0.25) is 0 Å². The smallest absolute Gasteiger partial charge is 0.244 e. The van der Waals surface area contributed by atoms with Crippen molar-refractivity contribution in [1.29, 1.82) is 0 Å². The third kappa shape index (κ3) is 2.53. The van der Waals surface area contributed by atoms with E-state index in [-0.39, 0.29) is 23.8 Å². The molecule has 1 unspecified atom stereocenters. The Balaban J connectivity index is 2.15. The molecule has 1 amide bonds. The number of anilines is 1. The molecule has 98 valence electrons. The maximum Gasteiger partial charge on any atom is 0.244 e. The Morgan fingerprint density at radius 2 is 2.17 bits per heavy atom. The van der Waals surface area contributed by atoms with Crippen LogP contribution < -0.4 is 10.2 Å². The average molecular weight is 250 g/mol. The van der Waals surface area contributed by atoms with Gasteiger partial charge in [-0.05, 0) is 31.0 Å². The SMILES string of the molecule is Cc1ccc(N2CCC(NC(C)C)C2=O)cc1F. The van der Waals surface area contributed by atoms with Crippen molar-refractivity contribution in [3.63, 3.8) is 0 Å². The van der Waals surface area contributed by atoms with Crippen LogP contribution >= 0.6 is 0 Å². The Morgan fingerprint density at radius 1 is 1.44 bits per heavy atom. The van der Waals surface area contributed by atoms with Crippen LogP contribution in [0.15, 0.2) is 18.2 Å². The molecule has 1 aromatic rings. The standard InChI is InChI=1S/C14H19FN2O/c1-9(2)16-13-6-7-17(14(13)18)11-5-4-10(3)12(15)8-11/h4-5,8-9,13,16H,6-7H2,1-3H3. The second-order valence-electron chi connectivity index (χ2n) is 5.09. The summed E-state index contributed by atoms with van der Waals surface area (Å²) in [5, 5.41) is 3.23. The monoisotopic (exact) mass is 250 g/mol. The zero-order chi connectivity index (χ0) is 13.3. The van der Waals surface area contributed by atoms with E-state index in [1.165, 1.54) is 6.07 Å². The quantitative estimate of drug-likeness (QED) is 0.892. The second-order valence-corrected chi connectivity index (χ2v) is 5.09. The summed E-state index contributed by atoms with van der Waals surface area (Å²) in [6.07, 6.45) is 0.770. The van der Waals surface area contributed by atoms with Gasteiger partial charge >= 0.3 is 0 Å². The lowest BCUT2D eigenvalue weighted by molar-refractivity contribution is -0.118. The topological polar surface area (TPSA) is 32.3 Å². The van der Waals surface area contributed by atoms with Crippen LogP contribution in [-0.2, 0) is 4.79 Å². The van der Waals surface area contributed by atoms with Gasteiger partial charge in [0, 0.05) is 18.3 Å². The van der Waals surface area contributed by atoms with E-state index < -0.39 is 0 Å². The molecule has 4 heteroatoms. The van der Waals surface area contributed by atoms with Crippen LogP contribution in [0.4, 0.5) is 10.1 Å². The van der Waals surface area contributed by atoms with Crippen molar-refractivity contribution in [3.05, 3.63) is 29.6 Å². The average Bonchev–Trinajstić information content (AvgIpc) is 2.64. The fraction of sp³-hybridized carbons (Fsp3) is 0.500.